The van der Waals surface area contributed by atoms with E-state index in [-0.39, 0.29) is 16.2 Å². The maximum absolute atomic E-state index is 16.3. The number of aromatic amines is 2. The van der Waals surface area contributed by atoms with Gasteiger partial charge in [-0.25, -0.2) is 9.37 Å². The zero-order valence-corrected chi connectivity index (χ0v) is 23.6. The molecule has 0 radical (unpaired) electrons. The molecule has 0 aliphatic rings. The van der Waals surface area contributed by atoms with Crippen LogP contribution in [-0.2, 0) is 0 Å². The zero-order chi connectivity index (χ0) is 29.0. The van der Waals surface area contributed by atoms with E-state index in [0.29, 0.717) is 33.8 Å². The molecule has 0 saturated heterocycles. The summed E-state index contributed by atoms with van der Waals surface area (Å²) in [5, 5.41) is 11.4. The molecule has 4 heterocycles. The lowest BCUT2D eigenvalue weighted by Crippen LogP contribution is -2.26. The van der Waals surface area contributed by atoms with Gasteiger partial charge in [0.1, 0.15) is 11.5 Å². The van der Waals surface area contributed by atoms with Crippen LogP contribution in [0.2, 0.25) is 0 Å². The van der Waals surface area contributed by atoms with Gasteiger partial charge in [0.2, 0.25) is 0 Å². The van der Waals surface area contributed by atoms with Crippen LogP contribution in [-0.4, -0.2) is 30.1 Å². The zero-order valence-electron chi connectivity index (χ0n) is 23.6. The quantitative estimate of drug-likeness (QED) is 0.238. The molecule has 204 valence electrons. The third-order valence-electron chi connectivity index (χ3n) is 6.49. The van der Waals surface area contributed by atoms with Gasteiger partial charge in [-0.15, -0.1) is 0 Å². The summed E-state index contributed by atoms with van der Waals surface area (Å²) in [7, 11) is 0. The van der Waals surface area contributed by atoms with Gasteiger partial charge in [0, 0.05) is 52.1 Å². The second-order valence-corrected chi connectivity index (χ2v) is 10.4. The summed E-state index contributed by atoms with van der Waals surface area (Å²) in [5.74, 6) is -0.106. The van der Waals surface area contributed by atoms with E-state index in [1.165, 1.54) is 0 Å². The molecule has 4 aromatic heterocycles. The molecule has 0 atom stereocenters. The Labute approximate surface area is 233 Å². The monoisotopic (exact) mass is 535 g/mol. The highest BCUT2D eigenvalue weighted by molar-refractivity contribution is 5.94. The second kappa shape index (κ2) is 11.5. The summed E-state index contributed by atoms with van der Waals surface area (Å²) in [4.78, 5) is 16.5. The minimum atomic E-state index is -0.531. The van der Waals surface area contributed by atoms with E-state index >= 15 is 4.39 Å². The van der Waals surface area contributed by atoms with E-state index in [1.54, 1.807) is 43.0 Å². The van der Waals surface area contributed by atoms with Crippen LogP contribution in [0.1, 0.15) is 50.2 Å². The van der Waals surface area contributed by atoms with Gasteiger partial charge in [0.05, 0.1) is 28.1 Å². The first-order valence-corrected chi connectivity index (χ1v) is 12.9. The minimum Gasteiger partial charge on any atom is -0.358 e. The number of anilines is 1. The molecule has 0 aliphatic carbocycles. The lowest BCUT2D eigenvalue weighted by atomic mass is 9.93. The molecule has 0 spiro atoms. The summed E-state index contributed by atoms with van der Waals surface area (Å²) in [6.45, 7) is 21.9. The molecule has 8 heteroatoms. The Bertz CT molecular complexity index is 1730. The normalized spacial score (nSPS) is 13.2. The highest BCUT2D eigenvalue weighted by Crippen LogP contribution is 2.29. The van der Waals surface area contributed by atoms with Crippen LogP contribution >= 0.6 is 0 Å². The van der Waals surface area contributed by atoms with Crippen molar-refractivity contribution in [3.05, 3.63) is 114 Å². The van der Waals surface area contributed by atoms with Crippen LogP contribution in [0, 0.1) is 12.3 Å². The summed E-state index contributed by atoms with van der Waals surface area (Å²) in [6, 6.07) is 5.61. The average molecular weight is 536 g/mol. The van der Waals surface area contributed by atoms with Crippen molar-refractivity contribution in [1.82, 2.24) is 30.1 Å². The van der Waals surface area contributed by atoms with Gasteiger partial charge in [-0.3, -0.25) is 15.1 Å². The van der Waals surface area contributed by atoms with E-state index < -0.39 is 5.83 Å². The smallest absolute Gasteiger partial charge is 0.159 e. The Morgan fingerprint density at radius 3 is 2.45 bits per heavy atom. The summed E-state index contributed by atoms with van der Waals surface area (Å²) in [5.41, 5.74) is 5.72. The van der Waals surface area contributed by atoms with Gasteiger partial charge in [0.25, 0.3) is 0 Å². The first-order chi connectivity index (χ1) is 19.0. The van der Waals surface area contributed by atoms with Crippen molar-refractivity contribution in [2.75, 3.05) is 5.32 Å². The van der Waals surface area contributed by atoms with E-state index in [2.05, 4.69) is 71.0 Å². The second-order valence-electron chi connectivity index (χ2n) is 10.4. The fourth-order valence-corrected chi connectivity index (χ4v) is 4.07. The standard InChI is InChI=1S/C32H34FN7/c1-9-11-25(22-12-14-34-15-13-22)29-20(4)36-31(38-29)30-27(26(10-2)39-40-30)28(33)19(3)23-16-24(18-35-17-23)37-21(5)32(6,7)8/h9-18,37,39H,1,3,5H2,2,4,6-8H3,(H,36,38)/b25-11-,26-10+,28-27-. The molecule has 0 saturated carbocycles. The van der Waals surface area contributed by atoms with Crippen molar-refractivity contribution in [2.24, 2.45) is 5.41 Å². The maximum atomic E-state index is 16.3. The Kier molecular flexibility index (Phi) is 8.09. The number of hydrogen-bond donors (Lipinski definition) is 3. The van der Waals surface area contributed by atoms with Crippen molar-refractivity contribution >= 4 is 28.7 Å². The Morgan fingerprint density at radius 1 is 1.07 bits per heavy atom. The third-order valence-corrected chi connectivity index (χ3v) is 6.49. The number of rotatable bonds is 8. The van der Waals surface area contributed by atoms with Gasteiger partial charge < -0.3 is 10.3 Å². The Hall–Kier alpha value is -4.85. The van der Waals surface area contributed by atoms with Crippen molar-refractivity contribution in [3.8, 4) is 11.5 Å². The van der Waals surface area contributed by atoms with Crippen LogP contribution in [0.15, 0.2) is 80.6 Å². The van der Waals surface area contributed by atoms with Crippen molar-refractivity contribution in [3.63, 3.8) is 0 Å². The third kappa shape index (κ3) is 5.76. The molecule has 0 fully saturated rings. The Morgan fingerprint density at radius 2 is 1.80 bits per heavy atom. The fraction of sp³-hybridized carbons (Fsp3) is 0.188. The first-order valence-electron chi connectivity index (χ1n) is 12.9. The lowest BCUT2D eigenvalue weighted by molar-refractivity contribution is 0.509. The van der Waals surface area contributed by atoms with Crippen LogP contribution in [0.4, 0.5) is 10.1 Å². The number of hydrogen-bond acceptors (Lipinski definition) is 5. The molecule has 0 unspecified atom stereocenters. The molecule has 4 aromatic rings. The molecular weight excluding hydrogens is 501 g/mol. The SMILES string of the molecule is C=C/C=C(/c1ccncc1)c1nc(-c2n[nH]c(=C/C)/c2=C(/F)C(=C)c2cncc(NC(=C)C(C)(C)C)c2)[nH]c1C. The molecule has 0 aliphatic heterocycles. The van der Waals surface area contributed by atoms with Crippen LogP contribution in [0.25, 0.3) is 34.6 Å². The van der Waals surface area contributed by atoms with E-state index in [1.807, 2.05) is 32.1 Å². The van der Waals surface area contributed by atoms with Crippen LogP contribution < -0.4 is 15.9 Å². The van der Waals surface area contributed by atoms with Gasteiger partial charge >= 0.3 is 0 Å². The number of aromatic nitrogens is 6. The summed E-state index contributed by atoms with van der Waals surface area (Å²) < 4.78 is 16.3. The number of pyridine rings is 2. The van der Waals surface area contributed by atoms with Crippen LogP contribution in [0.3, 0.4) is 0 Å². The number of nitrogens with zero attached hydrogens (tertiary/aromatic N) is 4. The van der Waals surface area contributed by atoms with Crippen molar-refractivity contribution in [1.29, 1.82) is 0 Å². The number of halogens is 1. The maximum Gasteiger partial charge on any atom is 0.159 e. The average Bonchev–Trinajstić information content (AvgIpc) is 3.54. The molecule has 7 nitrogen and oxygen atoms in total. The van der Waals surface area contributed by atoms with E-state index in [4.69, 9.17) is 4.98 Å². The fourth-order valence-electron chi connectivity index (χ4n) is 4.07. The molecule has 0 amide bonds. The van der Waals surface area contributed by atoms with E-state index in [9.17, 15) is 0 Å². The highest BCUT2D eigenvalue weighted by atomic mass is 19.1. The lowest BCUT2D eigenvalue weighted by Gasteiger charge is -2.23. The summed E-state index contributed by atoms with van der Waals surface area (Å²) >= 11 is 0. The van der Waals surface area contributed by atoms with Crippen molar-refractivity contribution in [2.45, 2.75) is 34.6 Å². The molecule has 0 bridgehead atoms. The number of imidazole rings is 1. The largest absolute Gasteiger partial charge is 0.358 e. The molecule has 3 N–H and O–H groups in total. The molecule has 4 rings (SSSR count). The Balaban J connectivity index is 1.80. The molecular formula is C32H34FN7. The van der Waals surface area contributed by atoms with Gasteiger partial charge in [-0.05, 0) is 37.6 Å². The summed E-state index contributed by atoms with van der Waals surface area (Å²) in [6.07, 6.45) is 12.0. The first kappa shape index (κ1) is 28.2. The predicted octanol–water partition coefficient (Wildman–Crippen LogP) is 6.08. The topological polar surface area (TPSA) is 95.2 Å². The number of nitrogens with one attached hydrogen (secondary N) is 3. The van der Waals surface area contributed by atoms with Crippen LogP contribution in [0.5, 0.6) is 0 Å². The molecule has 40 heavy (non-hydrogen) atoms. The number of allylic oxidation sites excluding steroid dienone is 4. The van der Waals surface area contributed by atoms with E-state index in [0.717, 1.165) is 22.5 Å². The number of H-pyrrole nitrogens is 2. The number of aryl methyl sites for hydroxylation is 1. The van der Waals surface area contributed by atoms with Crippen molar-refractivity contribution < 1.29 is 4.39 Å². The highest BCUT2D eigenvalue weighted by Gasteiger charge is 2.20. The van der Waals surface area contributed by atoms with Gasteiger partial charge in [-0.1, -0.05) is 58.7 Å². The minimum absolute atomic E-state index is 0.153. The van der Waals surface area contributed by atoms with Gasteiger partial charge in [0.15, 0.2) is 5.82 Å². The van der Waals surface area contributed by atoms with Gasteiger partial charge in [-0.2, -0.15) is 5.10 Å². The molecule has 0 aromatic carbocycles. The predicted molar refractivity (Wildman–Crippen MR) is 162 cm³/mol.